The van der Waals surface area contributed by atoms with Gasteiger partial charge in [-0.1, -0.05) is 18.2 Å². The maximum Gasteiger partial charge on any atom is 0.405 e. The lowest BCUT2D eigenvalue weighted by molar-refractivity contribution is -0.148. The first-order valence-corrected chi connectivity index (χ1v) is 7.72. The molecule has 144 valence electrons. The normalized spacial score (nSPS) is 10.8. The number of hydrogen-bond donors (Lipinski definition) is 2. The maximum atomic E-state index is 11.9. The zero-order valence-corrected chi connectivity index (χ0v) is 14.0. The van der Waals surface area contributed by atoms with E-state index in [9.17, 15) is 27.6 Å². The van der Waals surface area contributed by atoms with Gasteiger partial charge in [-0.25, -0.2) is 4.79 Å². The minimum absolute atomic E-state index is 0.0301. The van der Waals surface area contributed by atoms with E-state index in [2.05, 4.69) is 4.74 Å². The number of nitrogens with one attached hydrogen (secondary N) is 2. The second-order valence-electron chi connectivity index (χ2n) is 5.05. The highest BCUT2D eigenvalue weighted by atomic mass is 19.4. The number of ether oxygens (including phenoxy) is 2. The minimum atomic E-state index is -4.59. The van der Waals surface area contributed by atoms with Gasteiger partial charge in [0, 0.05) is 6.42 Å². The first-order chi connectivity index (χ1) is 12.2. The topological polar surface area (TPSA) is 93.7 Å². The minimum Gasteiger partial charge on any atom is -0.494 e. The summed E-state index contributed by atoms with van der Waals surface area (Å²) < 4.78 is 45.8. The molecule has 26 heavy (non-hydrogen) atoms. The van der Waals surface area contributed by atoms with Crippen LogP contribution in [0, 0.1) is 0 Å². The molecule has 0 radical (unpaired) electrons. The fourth-order valence-electron chi connectivity index (χ4n) is 1.85. The molecule has 3 amide bonds. The number of imide groups is 1. The van der Waals surface area contributed by atoms with Crippen LogP contribution in [0.1, 0.15) is 18.9 Å². The van der Waals surface area contributed by atoms with Crippen LogP contribution in [0.4, 0.5) is 18.0 Å². The van der Waals surface area contributed by atoms with Gasteiger partial charge in [0.2, 0.25) is 0 Å². The van der Waals surface area contributed by atoms with Crippen molar-refractivity contribution in [3.8, 4) is 5.75 Å². The van der Waals surface area contributed by atoms with Gasteiger partial charge in [-0.2, -0.15) is 13.2 Å². The van der Waals surface area contributed by atoms with Crippen LogP contribution in [0.2, 0.25) is 0 Å². The molecule has 1 aromatic carbocycles. The summed E-state index contributed by atoms with van der Waals surface area (Å²) in [7, 11) is 0. The maximum absolute atomic E-state index is 11.9. The second-order valence-corrected chi connectivity index (χ2v) is 5.05. The molecule has 0 saturated carbocycles. The van der Waals surface area contributed by atoms with Gasteiger partial charge in [-0.05, 0) is 25.0 Å². The largest absolute Gasteiger partial charge is 0.494 e. The summed E-state index contributed by atoms with van der Waals surface area (Å²) in [4.78, 5) is 34.0. The van der Waals surface area contributed by atoms with E-state index in [4.69, 9.17) is 4.74 Å². The molecular formula is C16H19F3N2O5. The van der Waals surface area contributed by atoms with Crippen molar-refractivity contribution in [3.63, 3.8) is 0 Å². The van der Waals surface area contributed by atoms with E-state index in [1.54, 1.807) is 29.6 Å². The third-order valence-electron chi connectivity index (χ3n) is 2.94. The van der Waals surface area contributed by atoms with Crippen molar-refractivity contribution in [2.75, 3.05) is 19.8 Å². The number of esters is 1. The number of urea groups is 1. The molecule has 7 nitrogen and oxygen atoms in total. The van der Waals surface area contributed by atoms with E-state index in [0.29, 0.717) is 18.8 Å². The Morgan fingerprint density at radius 1 is 1.15 bits per heavy atom. The number of amides is 3. The van der Waals surface area contributed by atoms with Crippen LogP contribution >= 0.6 is 0 Å². The molecule has 0 aliphatic carbocycles. The van der Waals surface area contributed by atoms with E-state index in [0.717, 1.165) is 5.56 Å². The van der Waals surface area contributed by atoms with Crippen molar-refractivity contribution < 1.29 is 37.0 Å². The summed E-state index contributed by atoms with van der Waals surface area (Å²) in [6, 6.07) is 5.80. The molecular weight excluding hydrogens is 357 g/mol. The smallest absolute Gasteiger partial charge is 0.405 e. The van der Waals surface area contributed by atoms with Crippen molar-refractivity contribution >= 4 is 17.9 Å². The molecule has 2 N–H and O–H groups in total. The SMILES string of the molecule is CCOc1ccccc1CCC(=O)OCC(=O)NC(=O)NCC(F)(F)F. The number of alkyl halides is 3. The van der Waals surface area contributed by atoms with Gasteiger partial charge in [0.05, 0.1) is 6.61 Å². The third kappa shape index (κ3) is 8.90. The highest BCUT2D eigenvalue weighted by Gasteiger charge is 2.28. The number of aryl methyl sites for hydroxylation is 1. The molecule has 0 bridgehead atoms. The van der Waals surface area contributed by atoms with Crippen LogP contribution in [0.15, 0.2) is 24.3 Å². The van der Waals surface area contributed by atoms with Gasteiger partial charge in [0.15, 0.2) is 6.61 Å². The summed E-state index contributed by atoms with van der Waals surface area (Å²) in [5, 5.41) is 3.08. The Kier molecular flexibility index (Phi) is 8.40. The first-order valence-electron chi connectivity index (χ1n) is 7.72. The predicted molar refractivity (Wildman–Crippen MR) is 84.5 cm³/mol. The molecule has 0 fully saturated rings. The van der Waals surface area contributed by atoms with Gasteiger partial charge < -0.3 is 14.8 Å². The average Bonchev–Trinajstić information content (AvgIpc) is 2.57. The van der Waals surface area contributed by atoms with Gasteiger partial charge in [-0.3, -0.25) is 14.9 Å². The number of carbonyl (C=O) groups is 3. The molecule has 0 atom stereocenters. The fourth-order valence-corrected chi connectivity index (χ4v) is 1.85. The van der Waals surface area contributed by atoms with Gasteiger partial charge >= 0.3 is 18.2 Å². The van der Waals surface area contributed by atoms with Crippen molar-refractivity contribution in [1.82, 2.24) is 10.6 Å². The van der Waals surface area contributed by atoms with Gasteiger partial charge in [0.1, 0.15) is 12.3 Å². The monoisotopic (exact) mass is 376 g/mol. The number of carbonyl (C=O) groups excluding carboxylic acids is 3. The lowest BCUT2D eigenvalue weighted by Gasteiger charge is -2.10. The molecule has 10 heteroatoms. The van der Waals surface area contributed by atoms with Crippen LogP contribution in [-0.4, -0.2) is 43.8 Å². The summed E-state index contributed by atoms with van der Waals surface area (Å²) in [6.07, 6.45) is -4.30. The van der Waals surface area contributed by atoms with E-state index >= 15 is 0 Å². The lowest BCUT2D eigenvalue weighted by atomic mass is 10.1. The molecule has 0 heterocycles. The van der Waals surface area contributed by atoms with Crippen molar-refractivity contribution in [2.45, 2.75) is 25.9 Å². The van der Waals surface area contributed by atoms with E-state index < -0.39 is 37.2 Å². The predicted octanol–water partition coefficient (Wildman–Crippen LogP) is 1.95. The number of rotatable bonds is 8. The zero-order chi connectivity index (χ0) is 19.6. The number of benzene rings is 1. The summed E-state index contributed by atoms with van der Waals surface area (Å²) in [5.74, 6) is -1.09. The molecule has 0 spiro atoms. The zero-order valence-electron chi connectivity index (χ0n) is 14.0. The molecule has 1 aromatic rings. The lowest BCUT2D eigenvalue weighted by Crippen LogP contribution is -2.44. The molecule has 1 rings (SSSR count). The van der Waals surface area contributed by atoms with Crippen LogP contribution in [0.25, 0.3) is 0 Å². The summed E-state index contributed by atoms with van der Waals surface area (Å²) >= 11 is 0. The standard InChI is InChI=1S/C16H19F3N2O5/c1-2-25-12-6-4-3-5-11(12)7-8-14(23)26-9-13(22)21-15(24)20-10-16(17,18)19/h3-6H,2,7-10H2,1H3,(H2,20,21,22,24). The average molecular weight is 376 g/mol. The van der Waals surface area contributed by atoms with Crippen LogP contribution in [0.5, 0.6) is 5.75 Å². The third-order valence-corrected chi connectivity index (χ3v) is 2.94. The fraction of sp³-hybridized carbons (Fsp3) is 0.438. The van der Waals surface area contributed by atoms with Crippen LogP contribution in [0.3, 0.4) is 0 Å². The molecule has 0 unspecified atom stereocenters. The number of hydrogen-bond acceptors (Lipinski definition) is 5. The Balaban J connectivity index is 2.31. The van der Waals surface area contributed by atoms with Gasteiger partial charge in [0.25, 0.3) is 5.91 Å². The highest BCUT2D eigenvalue weighted by Crippen LogP contribution is 2.19. The summed E-state index contributed by atoms with van der Waals surface area (Å²) in [6.45, 7) is -0.0525. The highest BCUT2D eigenvalue weighted by molar-refractivity contribution is 5.95. The van der Waals surface area contributed by atoms with E-state index in [-0.39, 0.29) is 6.42 Å². The van der Waals surface area contributed by atoms with Crippen molar-refractivity contribution in [1.29, 1.82) is 0 Å². The van der Waals surface area contributed by atoms with E-state index in [1.165, 1.54) is 5.32 Å². The second kappa shape index (κ2) is 10.3. The van der Waals surface area contributed by atoms with E-state index in [1.807, 2.05) is 6.92 Å². The molecule has 0 aliphatic heterocycles. The Morgan fingerprint density at radius 3 is 2.50 bits per heavy atom. The van der Waals surface area contributed by atoms with Crippen LogP contribution < -0.4 is 15.4 Å². The van der Waals surface area contributed by atoms with Crippen molar-refractivity contribution in [2.24, 2.45) is 0 Å². The Labute approximate surface area is 147 Å². The van der Waals surface area contributed by atoms with Crippen molar-refractivity contribution in [3.05, 3.63) is 29.8 Å². The number of halogens is 3. The van der Waals surface area contributed by atoms with Crippen LogP contribution in [-0.2, 0) is 20.7 Å². The number of para-hydroxylation sites is 1. The Morgan fingerprint density at radius 2 is 1.85 bits per heavy atom. The van der Waals surface area contributed by atoms with Gasteiger partial charge in [-0.15, -0.1) is 0 Å². The quantitative estimate of drug-likeness (QED) is 0.677. The molecule has 0 saturated heterocycles. The Hall–Kier alpha value is -2.78. The molecule has 0 aliphatic rings. The molecule has 0 aromatic heterocycles. The Bertz CT molecular complexity index is 635. The summed E-state index contributed by atoms with van der Waals surface area (Å²) in [5.41, 5.74) is 0.794. The first kappa shape index (κ1) is 21.3.